The molecule has 0 aromatic carbocycles. The summed E-state index contributed by atoms with van der Waals surface area (Å²) in [6.45, 7) is 2.40. The fourth-order valence-electron chi connectivity index (χ4n) is 1.61. The molecule has 1 aliphatic rings. The van der Waals surface area contributed by atoms with Gasteiger partial charge in [-0.1, -0.05) is 0 Å². The van der Waals surface area contributed by atoms with Gasteiger partial charge in [-0.2, -0.15) is 9.97 Å². The highest BCUT2D eigenvalue weighted by Gasteiger charge is 2.17. The molecular weight excluding hydrogens is 224 g/mol. The second kappa shape index (κ2) is 5.74. The summed E-state index contributed by atoms with van der Waals surface area (Å²) in [6, 6.07) is 0.520. The number of morpholine rings is 1. The third-order valence-electron chi connectivity index (χ3n) is 2.42. The first-order chi connectivity index (χ1) is 8.31. The van der Waals surface area contributed by atoms with Gasteiger partial charge >= 0.3 is 12.0 Å². The van der Waals surface area contributed by atoms with E-state index in [-0.39, 0.29) is 18.1 Å². The first-order valence-corrected chi connectivity index (χ1v) is 5.47. The summed E-state index contributed by atoms with van der Waals surface area (Å²) >= 11 is 0. The van der Waals surface area contributed by atoms with Crippen molar-refractivity contribution in [3.8, 4) is 12.0 Å². The Balaban J connectivity index is 2.07. The van der Waals surface area contributed by atoms with Crippen LogP contribution in [0.15, 0.2) is 0 Å². The Kier molecular flexibility index (Phi) is 4.05. The first-order valence-electron chi connectivity index (χ1n) is 5.47. The standard InChI is InChI=1S/C10H16N4O3/c1-15-9-12-8(13-10(14-9)16-2)5-7-6-11-3-4-17-7/h7,11H,3-6H2,1-2H3. The van der Waals surface area contributed by atoms with Crippen LogP contribution in [0.25, 0.3) is 0 Å². The van der Waals surface area contributed by atoms with Crippen LogP contribution in [0.3, 0.4) is 0 Å². The Morgan fingerprint density at radius 2 is 1.94 bits per heavy atom. The van der Waals surface area contributed by atoms with Gasteiger partial charge in [-0.05, 0) is 0 Å². The molecule has 17 heavy (non-hydrogen) atoms. The van der Waals surface area contributed by atoms with E-state index in [9.17, 15) is 0 Å². The van der Waals surface area contributed by atoms with Gasteiger partial charge in [-0.25, -0.2) is 0 Å². The summed E-state index contributed by atoms with van der Waals surface area (Å²) in [5.74, 6) is 0.613. The molecular formula is C10H16N4O3. The lowest BCUT2D eigenvalue weighted by Gasteiger charge is -2.22. The van der Waals surface area contributed by atoms with Gasteiger partial charge in [0.15, 0.2) is 0 Å². The van der Waals surface area contributed by atoms with Gasteiger partial charge in [0.25, 0.3) is 0 Å². The fourth-order valence-corrected chi connectivity index (χ4v) is 1.61. The minimum atomic E-state index is 0.0839. The number of nitrogens with one attached hydrogen (secondary N) is 1. The molecule has 0 radical (unpaired) electrons. The predicted molar refractivity (Wildman–Crippen MR) is 59.2 cm³/mol. The first kappa shape index (κ1) is 12.0. The van der Waals surface area contributed by atoms with Crippen LogP contribution in [0.4, 0.5) is 0 Å². The maximum absolute atomic E-state index is 5.58. The highest BCUT2D eigenvalue weighted by atomic mass is 16.5. The predicted octanol–water partition coefficient (Wildman–Crippen LogP) is -0.580. The summed E-state index contributed by atoms with van der Waals surface area (Å²) < 4.78 is 15.6. The van der Waals surface area contributed by atoms with Crippen molar-refractivity contribution in [3.05, 3.63) is 5.82 Å². The number of ether oxygens (including phenoxy) is 3. The summed E-state index contributed by atoms with van der Waals surface area (Å²) in [5.41, 5.74) is 0. The van der Waals surface area contributed by atoms with E-state index in [1.807, 2.05) is 0 Å². The van der Waals surface area contributed by atoms with Crippen molar-refractivity contribution in [1.29, 1.82) is 0 Å². The summed E-state index contributed by atoms with van der Waals surface area (Å²) in [7, 11) is 3.02. The Bertz CT molecular complexity index is 346. The zero-order valence-electron chi connectivity index (χ0n) is 9.97. The zero-order chi connectivity index (χ0) is 12.1. The molecule has 1 aromatic rings. The van der Waals surface area contributed by atoms with E-state index < -0.39 is 0 Å². The van der Waals surface area contributed by atoms with E-state index >= 15 is 0 Å². The molecule has 0 aliphatic carbocycles. The summed E-state index contributed by atoms with van der Waals surface area (Å²) in [6.07, 6.45) is 0.697. The molecule has 1 N–H and O–H groups in total. The molecule has 1 aliphatic heterocycles. The zero-order valence-corrected chi connectivity index (χ0v) is 9.97. The summed E-state index contributed by atoms with van der Waals surface area (Å²) in [5, 5.41) is 3.25. The fraction of sp³-hybridized carbons (Fsp3) is 0.700. The number of nitrogens with zero attached hydrogens (tertiary/aromatic N) is 3. The van der Waals surface area contributed by atoms with Gasteiger partial charge in [0, 0.05) is 19.5 Å². The lowest BCUT2D eigenvalue weighted by Crippen LogP contribution is -2.39. The monoisotopic (exact) mass is 240 g/mol. The number of hydrogen-bond acceptors (Lipinski definition) is 7. The van der Waals surface area contributed by atoms with E-state index in [4.69, 9.17) is 14.2 Å². The summed E-state index contributed by atoms with van der Waals surface area (Å²) in [4.78, 5) is 12.3. The molecule has 7 nitrogen and oxygen atoms in total. The molecule has 2 rings (SSSR count). The van der Waals surface area contributed by atoms with Crippen LogP contribution in [0.1, 0.15) is 5.82 Å². The Morgan fingerprint density at radius 1 is 1.24 bits per heavy atom. The number of methoxy groups -OCH3 is 2. The SMILES string of the molecule is COc1nc(CC2CNCCO2)nc(OC)n1. The third-order valence-corrected chi connectivity index (χ3v) is 2.42. The molecule has 0 bridgehead atoms. The van der Waals surface area contributed by atoms with Crippen LogP contribution >= 0.6 is 0 Å². The minimum absolute atomic E-state index is 0.0839. The lowest BCUT2D eigenvalue weighted by atomic mass is 10.2. The van der Waals surface area contributed by atoms with Gasteiger partial charge in [0.05, 0.1) is 26.9 Å². The maximum atomic E-state index is 5.58. The van der Waals surface area contributed by atoms with E-state index in [2.05, 4.69) is 20.3 Å². The van der Waals surface area contributed by atoms with Crippen molar-refractivity contribution in [3.63, 3.8) is 0 Å². The molecule has 0 spiro atoms. The molecule has 1 saturated heterocycles. The van der Waals surface area contributed by atoms with Crippen molar-refractivity contribution < 1.29 is 14.2 Å². The van der Waals surface area contributed by atoms with E-state index in [0.29, 0.717) is 18.9 Å². The van der Waals surface area contributed by atoms with Crippen LogP contribution < -0.4 is 14.8 Å². The van der Waals surface area contributed by atoms with Crippen molar-refractivity contribution in [2.24, 2.45) is 0 Å². The second-order valence-corrected chi connectivity index (χ2v) is 3.63. The average Bonchev–Trinajstić information content (AvgIpc) is 2.39. The molecule has 0 saturated carbocycles. The van der Waals surface area contributed by atoms with E-state index in [1.54, 1.807) is 0 Å². The maximum Gasteiger partial charge on any atom is 0.322 e. The number of aromatic nitrogens is 3. The van der Waals surface area contributed by atoms with Crippen molar-refractivity contribution in [2.45, 2.75) is 12.5 Å². The van der Waals surface area contributed by atoms with Gasteiger partial charge in [-0.15, -0.1) is 4.98 Å². The smallest absolute Gasteiger partial charge is 0.322 e. The second-order valence-electron chi connectivity index (χ2n) is 3.63. The molecule has 94 valence electrons. The molecule has 0 amide bonds. The number of rotatable bonds is 4. The molecule has 1 aromatic heterocycles. The van der Waals surface area contributed by atoms with Crippen LogP contribution in [-0.2, 0) is 11.2 Å². The van der Waals surface area contributed by atoms with Crippen LogP contribution in [0.2, 0.25) is 0 Å². The van der Waals surface area contributed by atoms with Crippen molar-refractivity contribution in [2.75, 3.05) is 33.9 Å². The van der Waals surface area contributed by atoms with Crippen LogP contribution in [-0.4, -0.2) is 55.0 Å². The third kappa shape index (κ3) is 3.24. The van der Waals surface area contributed by atoms with E-state index in [0.717, 1.165) is 13.1 Å². The quantitative estimate of drug-likeness (QED) is 0.754. The lowest BCUT2D eigenvalue weighted by molar-refractivity contribution is 0.0278. The molecule has 2 heterocycles. The largest absolute Gasteiger partial charge is 0.467 e. The Labute approximate surface area is 99.5 Å². The van der Waals surface area contributed by atoms with Crippen LogP contribution in [0, 0.1) is 0 Å². The molecule has 1 fully saturated rings. The van der Waals surface area contributed by atoms with Crippen LogP contribution in [0.5, 0.6) is 12.0 Å². The van der Waals surface area contributed by atoms with Gasteiger partial charge in [0.1, 0.15) is 5.82 Å². The molecule has 1 unspecified atom stereocenters. The van der Waals surface area contributed by atoms with Gasteiger partial charge in [-0.3, -0.25) is 0 Å². The minimum Gasteiger partial charge on any atom is -0.467 e. The van der Waals surface area contributed by atoms with Gasteiger partial charge in [0.2, 0.25) is 0 Å². The average molecular weight is 240 g/mol. The Hall–Kier alpha value is -1.47. The highest BCUT2D eigenvalue weighted by molar-refractivity contribution is 5.06. The molecule has 1 atom stereocenters. The topological polar surface area (TPSA) is 78.4 Å². The van der Waals surface area contributed by atoms with Crippen molar-refractivity contribution >= 4 is 0 Å². The molecule has 7 heteroatoms. The van der Waals surface area contributed by atoms with Gasteiger partial charge < -0.3 is 19.5 Å². The Morgan fingerprint density at radius 3 is 2.47 bits per heavy atom. The highest BCUT2D eigenvalue weighted by Crippen LogP contribution is 2.11. The van der Waals surface area contributed by atoms with Crippen molar-refractivity contribution in [1.82, 2.24) is 20.3 Å². The van der Waals surface area contributed by atoms with E-state index in [1.165, 1.54) is 14.2 Å². The number of hydrogen-bond donors (Lipinski definition) is 1. The normalized spacial score (nSPS) is 20.0.